The molecule has 0 atom stereocenters. The van der Waals surface area contributed by atoms with Gasteiger partial charge in [-0.2, -0.15) is 0 Å². The monoisotopic (exact) mass is 409 g/mol. The largest absolute Gasteiger partial charge is 0.468 e. The summed E-state index contributed by atoms with van der Waals surface area (Å²) in [5.74, 6) is -2.42. The van der Waals surface area contributed by atoms with E-state index in [1.807, 2.05) is 0 Å². The molecule has 0 spiro atoms. The maximum atomic E-state index is 13.1. The van der Waals surface area contributed by atoms with E-state index in [9.17, 15) is 18.8 Å². The standard InChI is InChI=1S/C13H13FINO5/c1-20-11(17)6-16(7-12(18)21-2)13(19)9-4-3-8(14)5-10(9)15/h3-5H,6-7H2,1-2H3. The highest BCUT2D eigenvalue weighted by molar-refractivity contribution is 14.1. The summed E-state index contributed by atoms with van der Waals surface area (Å²) in [5, 5.41) is 0. The Balaban J connectivity index is 3.02. The number of hydrogen-bond acceptors (Lipinski definition) is 5. The van der Waals surface area contributed by atoms with Crippen molar-refractivity contribution in [3.05, 3.63) is 33.1 Å². The summed E-state index contributed by atoms with van der Waals surface area (Å²) >= 11 is 1.80. The van der Waals surface area contributed by atoms with E-state index in [2.05, 4.69) is 9.47 Å². The van der Waals surface area contributed by atoms with Crippen LogP contribution in [0.15, 0.2) is 18.2 Å². The zero-order valence-corrected chi connectivity index (χ0v) is 13.5. The Kier molecular flexibility index (Phi) is 6.53. The van der Waals surface area contributed by atoms with Crippen molar-refractivity contribution in [3.8, 4) is 0 Å². The fourth-order valence-electron chi connectivity index (χ4n) is 1.47. The fourth-order valence-corrected chi connectivity index (χ4v) is 2.18. The Morgan fingerprint density at radius 3 is 2.10 bits per heavy atom. The van der Waals surface area contributed by atoms with Crippen LogP contribution in [0.25, 0.3) is 0 Å². The molecular formula is C13H13FINO5. The molecule has 0 saturated heterocycles. The molecule has 6 nitrogen and oxygen atoms in total. The molecule has 0 saturated carbocycles. The summed E-state index contributed by atoms with van der Waals surface area (Å²) < 4.78 is 22.4. The van der Waals surface area contributed by atoms with Crippen molar-refractivity contribution in [2.45, 2.75) is 0 Å². The molecule has 0 aliphatic rings. The lowest BCUT2D eigenvalue weighted by Crippen LogP contribution is -2.40. The van der Waals surface area contributed by atoms with Crippen LogP contribution in [0.4, 0.5) is 4.39 Å². The van der Waals surface area contributed by atoms with Crippen molar-refractivity contribution in [2.24, 2.45) is 0 Å². The quantitative estimate of drug-likeness (QED) is 0.540. The predicted molar refractivity (Wildman–Crippen MR) is 79.1 cm³/mol. The predicted octanol–water partition coefficient (Wildman–Crippen LogP) is 1.22. The average Bonchev–Trinajstić information content (AvgIpc) is 2.45. The number of rotatable bonds is 5. The minimum absolute atomic E-state index is 0.185. The molecule has 0 radical (unpaired) electrons. The normalized spacial score (nSPS) is 9.90. The molecule has 0 aliphatic carbocycles. The van der Waals surface area contributed by atoms with Gasteiger partial charge in [-0.05, 0) is 40.8 Å². The molecule has 0 fully saturated rings. The van der Waals surface area contributed by atoms with Crippen molar-refractivity contribution in [1.82, 2.24) is 4.90 Å². The van der Waals surface area contributed by atoms with Crippen LogP contribution in [0.2, 0.25) is 0 Å². The minimum atomic E-state index is -0.677. The lowest BCUT2D eigenvalue weighted by Gasteiger charge is -2.20. The third-order valence-electron chi connectivity index (χ3n) is 2.54. The lowest BCUT2D eigenvalue weighted by atomic mass is 10.2. The summed E-state index contributed by atoms with van der Waals surface area (Å²) in [5.41, 5.74) is 0.185. The first-order valence-electron chi connectivity index (χ1n) is 5.77. The zero-order chi connectivity index (χ0) is 16.0. The Morgan fingerprint density at radius 2 is 1.67 bits per heavy atom. The van der Waals surface area contributed by atoms with Crippen molar-refractivity contribution in [3.63, 3.8) is 0 Å². The van der Waals surface area contributed by atoms with Crippen LogP contribution in [0, 0.1) is 9.39 Å². The number of carbonyl (C=O) groups is 3. The fraction of sp³-hybridized carbons (Fsp3) is 0.308. The molecular weight excluding hydrogens is 396 g/mol. The molecule has 0 aliphatic heterocycles. The minimum Gasteiger partial charge on any atom is -0.468 e. The number of nitrogens with zero attached hydrogens (tertiary/aromatic N) is 1. The van der Waals surface area contributed by atoms with Gasteiger partial charge in [-0.15, -0.1) is 0 Å². The first-order valence-corrected chi connectivity index (χ1v) is 6.85. The third-order valence-corrected chi connectivity index (χ3v) is 3.44. The second-order valence-corrected chi connectivity index (χ2v) is 5.10. The Morgan fingerprint density at radius 1 is 1.14 bits per heavy atom. The van der Waals surface area contributed by atoms with Crippen LogP contribution in [-0.2, 0) is 19.1 Å². The molecule has 1 aromatic carbocycles. The molecule has 0 heterocycles. The number of esters is 2. The van der Waals surface area contributed by atoms with Gasteiger partial charge in [0.15, 0.2) is 0 Å². The summed E-state index contributed by atoms with van der Waals surface area (Å²) in [7, 11) is 2.34. The van der Waals surface area contributed by atoms with Gasteiger partial charge in [-0.3, -0.25) is 14.4 Å². The molecule has 0 aromatic heterocycles. The summed E-state index contributed by atoms with van der Waals surface area (Å²) in [6.45, 7) is -0.810. The van der Waals surface area contributed by atoms with Gasteiger partial charge >= 0.3 is 11.9 Å². The van der Waals surface area contributed by atoms with Gasteiger partial charge in [0.1, 0.15) is 18.9 Å². The first-order chi connectivity index (χ1) is 9.88. The van der Waals surface area contributed by atoms with Crippen molar-refractivity contribution >= 4 is 40.4 Å². The molecule has 8 heteroatoms. The van der Waals surface area contributed by atoms with E-state index in [-0.39, 0.29) is 5.56 Å². The number of hydrogen-bond donors (Lipinski definition) is 0. The molecule has 21 heavy (non-hydrogen) atoms. The van der Waals surface area contributed by atoms with Crippen molar-refractivity contribution in [2.75, 3.05) is 27.3 Å². The van der Waals surface area contributed by atoms with Crippen LogP contribution in [0.3, 0.4) is 0 Å². The van der Waals surface area contributed by atoms with Crippen LogP contribution in [-0.4, -0.2) is 50.1 Å². The van der Waals surface area contributed by atoms with Crippen LogP contribution in [0.1, 0.15) is 10.4 Å². The zero-order valence-electron chi connectivity index (χ0n) is 11.4. The van der Waals surface area contributed by atoms with Gasteiger partial charge in [0, 0.05) is 3.57 Å². The van der Waals surface area contributed by atoms with Gasteiger partial charge in [0.25, 0.3) is 5.91 Å². The molecule has 0 N–H and O–H groups in total. The lowest BCUT2D eigenvalue weighted by molar-refractivity contribution is -0.144. The van der Waals surface area contributed by atoms with Gasteiger partial charge < -0.3 is 14.4 Å². The van der Waals surface area contributed by atoms with E-state index in [1.54, 1.807) is 22.6 Å². The third kappa shape index (κ3) is 4.96. The highest BCUT2D eigenvalue weighted by Gasteiger charge is 2.24. The second-order valence-electron chi connectivity index (χ2n) is 3.94. The molecule has 1 aromatic rings. The highest BCUT2D eigenvalue weighted by Crippen LogP contribution is 2.16. The first kappa shape index (κ1) is 17.3. The Bertz CT molecular complexity index is 545. The molecule has 0 bridgehead atoms. The summed E-state index contributed by atoms with van der Waals surface area (Å²) in [4.78, 5) is 36.0. The number of benzene rings is 1. The Labute approximate surface area is 134 Å². The maximum absolute atomic E-state index is 13.1. The topological polar surface area (TPSA) is 72.9 Å². The van der Waals surface area contributed by atoms with Crippen molar-refractivity contribution < 1.29 is 28.2 Å². The molecule has 0 unspecified atom stereocenters. The average molecular weight is 409 g/mol. The number of ether oxygens (including phenoxy) is 2. The SMILES string of the molecule is COC(=O)CN(CC(=O)OC)C(=O)c1ccc(F)cc1I. The summed E-state index contributed by atoms with van der Waals surface area (Å²) in [6.07, 6.45) is 0. The Hall–Kier alpha value is -1.71. The van der Waals surface area contributed by atoms with E-state index in [1.165, 1.54) is 26.4 Å². The molecule has 1 rings (SSSR count). The van der Waals surface area contributed by atoms with E-state index >= 15 is 0 Å². The number of methoxy groups -OCH3 is 2. The summed E-state index contributed by atoms with van der Waals surface area (Å²) in [6, 6.07) is 3.60. The van der Waals surface area contributed by atoms with Crippen molar-refractivity contribution in [1.29, 1.82) is 0 Å². The van der Waals surface area contributed by atoms with Gasteiger partial charge in [0.05, 0.1) is 19.8 Å². The number of carbonyl (C=O) groups excluding carboxylic acids is 3. The van der Waals surface area contributed by atoms with Gasteiger partial charge in [0.2, 0.25) is 0 Å². The number of halogens is 2. The molecule has 114 valence electrons. The maximum Gasteiger partial charge on any atom is 0.325 e. The second kappa shape index (κ2) is 7.91. The van der Waals surface area contributed by atoms with E-state index in [0.29, 0.717) is 3.57 Å². The van der Waals surface area contributed by atoms with E-state index in [0.717, 1.165) is 11.0 Å². The van der Waals surface area contributed by atoms with E-state index in [4.69, 9.17) is 0 Å². The smallest absolute Gasteiger partial charge is 0.325 e. The van der Waals surface area contributed by atoms with E-state index < -0.39 is 36.8 Å². The number of amides is 1. The van der Waals surface area contributed by atoms with Gasteiger partial charge in [-0.25, -0.2) is 4.39 Å². The van der Waals surface area contributed by atoms with Crippen LogP contribution >= 0.6 is 22.6 Å². The van der Waals surface area contributed by atoms with Crippen LogP contribution in [0.5, 0.6) is 0 Å². The van der Waals surface area contributed by atoms with Crippen LogP contribution < -0.4 is 0 Å². The highest BCUT2D eigenvalue weighted by atomic mass is 127. The van der Waals surface area contributed by atoms with Gasteiger partial charge in [-0.1, -0.05) is 0 Å². The molecule has 1 amide bonds.